The fourth-order valence-electron chi connectivity index (χ4n) is 2.43. The number of nitrogen functional groups attached to an aromatic ring is 1. The van der Waals surface area contributed by atoms with Crippen LogP contribution in [0.4, 0.5) is 5.95 Å². The number of benzene rings is 1. The van der Waals surface area contributed by atoms with Crippen molar-refractivity contribution in [2.24, 2.45) is 0 Å². The molecule has 0 bridgehead atoms. The molecule has 24 heavy (non-hydrogen) atoms. The fraction of sp³-hybridized carbons (Fsp3) is 0.389. The summed E-state index contributed by atoms with van der Waals surface area (Å²) in [5.41, 5.74) is 8.18. The highest BCUT2D eigenvalue weighted by atomic mass is 16.5. The smallest absolute Gasteiger partial charge is 0.342 e. The number of carbonyl (C=O) groups is 1. The molecular formula is C18H23N3O3. The van der Waals surface area contributed by atoms with E-state index in [9.17, 15) is 4.79 Å². The molecule has 0 fully saturated rings. The lowest BCUT2D eigenvalue weighted by atomic mass is 10.1. The molecular weight excluding hydrogens is 306 g/mol. The first-order valence-corrected chi connectivity index (χ1v) is 8.03. The number of esters is 1. The SMILES string of the molecule is CCOC(=O)c1c(C)nc(N)nc1C(C)Oc1ccc(CC)cc1. The van der Waals surface area contributed by atoms with Gasteiger partial charge in [0.2, 0.25) is 5.95 Å². The second kappa shape index (κ2) is 7.77. The Balaban J connectivity index is 2.32. The van der Waals surface area contributed by atoms with Crippen LogP contribution in [0.2, 0.25) is 0 Å². The second-order valence-electron chi connectivity index (χ2n) is 5.41. The van der Waals surface area contributed by atoms with Crippen LogP contribution in [0.5, 0.6) is 5.75 Å². The van der Waals surface area contributed by atoms with Gasteiger partial charge in [0.1, 0.15) is 23.1 Å². The molecule has 1 aromatic carbocycles. The molecule has 1 unspecified atom stereocenters. The van der Waals surface area contributed by atoms with Crippen LogP contribution < -0.4 is 10.5 Å². The molecule has 0 radical (unpaired) electrons. The number of aryl methyl sites for hydroxylation is 2. The van der Waals surface area contributed by atoms with Crippen LogP contribution in [0.3, 0.4) is 0 Å². The fourth-order valence-corrected chi connectivity index (χ4v) is 2.43. The number of aromatic nitrogens is 2. The van der Waals surface area contributed by atoms with Crippen LogP contribution in [-0.4, -0.2) is 22.5 Å². The summed E-state index contributed by atoms with van der Waals surface area (Å²) in [5, 5.41) is 0. The Morgan fingerprint density at radius 3 is 2.46 bits per heavy atom. The van der Waals surface area contributed by atoms with Gasteiger partial charge in [0, 0.05) is 0 Å². The summed E-state index contributed by atoms with van der Waals surface area (Å²) in [6.45, 7) is 7.64. The van der Waals surface area contributed by atoms with E-state index >= 15 is 0 Å². The normalized spacial score (nSPS) is 11.8. The van der Waals surface area contributed by atoms with Gasteiger partial charge in [-0.2, -0.15) is 0 Å². The highest BCUT2D eigenvalue weighted by Gasteiger charge is 2.24. The second-order valence-corrected chi connectivity index (χ2v) is 5.41. The number of anilines is 1. The highest BCUT2D eigenvalue weighted by Crippen LogP contribution is 2.25. The zero-order chi connectivity index (χ0) is 17.7. The Bertz CT molecular complexity index is 714. The van der Waals surface area contributed by atoms with Crippen molar-refractivity contribution in [3.63, 3.8) is 0 Å². The number of nitrogens with two attached hydrogens (primary N) is 1. The first-order chi connectivity index (χ1) is 11.5. The number of carbonyl (C=O) groups excluding carboxylic acids is 1. The highest BCUT2D eigenvalue weighted by molar-refractivity contribution is 5.92. The molecule has 1 atom stereocenters. The molecule has 1 heterocycles. The molecule has 0 saturated heterocycles. The van der Waals surface area contributed by atoms with Gasteiger partial charge in [-0.15, -0.1) is 0 Å². The lowest BCUT2D eigenvalue weighted by Gasteiger charge is -2.18. The van der Waals surface area contributed by atoms with E-state index in [0.717, 1.165) is 6.42 Å². The Labute approximate surface area is 142 Å². The molecule has 0 saturated carbocycles. The van der Waals surface area contributed by atoms with E-state index < -0.39 is 12.1 Å². The molecule has 0 spiro atoms. The lowest BCUT2D eigenvalue weighted by molar-refractivity contribution is 0.0518. The van der Waals surface area contributed by atoms with E-state index in [0.29, 0.717) is 22.7 Å². The largest absolute Gasteiger partial charge is 0.484 e. The standard InChI is InChI=1S/C18H23N3O3/c1-5-13-7-9-14(10-8-13)24-12(4)16-15(17(22)23-6-2)11(3)20-18(19)21-16/h7-10,12H,5-6H2,1-4H3,(H2,19,20,21). The van der Waals surface area contributed by atoms with Gasteiger partial charge in [0.05, 0.1) is 12.3 Å². The summed E-state index contributed by atoms with van der Waals surface area (Å²) < 4.78 is 11.0. The van der Waals surface area contributed by atoms with E-state index in [4.69, 9.17) is 15.2 Å². The first kappa shape index (κ1) is 17.7. The Morgan fingerprint density at radius 2 is 1.88 bits per heavy atom. The van der Waals surface area contributed by atoms with Crippen molar-refractivity contribution in [2.45, 2.75) is 40.2 Å². The summed E-state index contributed by atoms with van der Waals surface area (Å²) in [6.07, 6.45) is 0.491. The molecule has 6 nitrogen and oxygen atoms in total. The zero-order valence-corrected chi connectivity index (χ0v) is 14.5. The average molecular weight is 329 g/mol. The summed E-state index contributed by atoms with van der Waals surface area (Å²) in [6, 6.07) is 7.81. The predicted octanol–water partition coefficient (Wildman–Crippen LogP) is 3.25. The number of ether oxygens (including phenoxy) is 2. The molecule has 6 heteroatoms. The number of hydrogen-bond donors (Lipinski definition) is 1. The van der Waals surface area contributed by atoms with Gasteiger partial charge in [0.15, 0.2) is 0 Å². The summed E-state index contributed by atoms with van der Waals surface area (Å²) >= 11 is 0. The minimum atomic E-state index is -0.471. The lowest BCUT2D eigenvalue weighted by Crippen LogP contribution is -2.18. The van der Waals surface area contributed by atoms with E-state index in [-0.39, 0.29) is 12.6 Å². The predicted molar refractivity (Wildman–Crippen MR) is 92.0 cm³/mol. The maximum atomic E-state index is 12.2. The van der Waals surface area contributed by atoms with Crippen LogP contribution >= 0.6 is 0 Å². The van der Waals surface area contributed by atoms with Crippen LogP contribution in [0.1, 0.15) is 54.2 Å². The summed E-state index contributed by atoms with van der Waals surface area (Å²) in [7, 11) is 0. The third-order valence-corrected chi connectivity index (χ3v) is 3.64. The third-order valence-electron chi connectivity index (χ3n) is 3.64. The van der Waals surface area contributed by atoms with Crippen molar-refractivity contribution in [3.8, 4) is 5.75 Å². The molecule has 0 aliphatic rings. The molecule has 0 amide bonds. The van der Waals surface area contributed by atoms with Crippen LogP contribution in [0.25, 0.3) is 0 Å². The molecule has 0 aliphatic carbocycles. The quantitative estimate of drug-likeness (QED) is 0.819. The monoisotopic (exact) mass is 329 g/mol. The van der Waals surface area contributed by atoms with Gasteiger partial charge in [-0.05, 0) is 44.9 Å². The molecule has 0 aliphatic heterocycles. The van der Waals surface area contributed by atoms with E-state index in [1.54, 1.807) is 13.8 Å². The van der Waals surface area contributed by atoms with Gasteiger partial charge in [0.25, 0.3) is 0 Å². The van der Waals surface area contributed by atoms with E-state index in [1.165, 1.54) is 5.56 Å². The maximum Gasteiger partial charge on any atom is 0.342 e. The third kappa shape index (κ3) is 4.01. The minimum absolute atomic E-state index is 0.104. The van der Waals surface area contributed by atoms with Gasteiger partial charge in [-0.3, -0.25) is 0 Å². The molecule has 2 rings (SSSR count). The molecule has 1 aromatic heterocycles. The Hall–Kier alpha value is -2.63. The summed E-state index contributed by atoms with van der Waals surface area (Å²) in [4.78, 5) is 20.5. The van der Waals surface area contributed by atoms with Crippen molar-refractivity contribution in [1.82, 2.24) is 9.97 Å². The van der Waals surface area contributed by atoms with Crippen molar-refractivity contribution < 1.29 is 14.3 Å². The number of hydrogen-bond acceptors (Lipinski definition) is 6. The molecule has 128 valence electrons. The average Bonchev–Trinajstić information content (AvgIpc) is 2.54. The van der Waals surface area contributed by atoms with Gasteiger partial charge in [-0.1, -0.05) is 19.1 Å². The first-order valence-electron chi connectivity index (χ1n) is 8.03. The van der Waals surface area contributed by atoms with Gasteiger partial charge < -0.3 is 15.2 Å². The zero-order valence-electron chi connectivity index (χ0n) is 14.5. The summed E-state index contributed by atoms with van der Waals surface area (Å²) in [5.74, 6) is 0.332. The minimum Gasteiger partial charge on any atom is -0.484 e. The van der Waals surface area contributed by atoms with Crippen LogP contribution in [0, 0.1) is 6.92 Å². The molecule has 2 N–H and O–H groups in total. The maximum absolute atomic E-state index is 12.2. The Morgan fingerprint density at radius 1 is 1.21 bits per heavy atom. The van der Waals surface area contributed by atoms with Crippen molar-refractivity contribution in [2.75, 3.05) is 12.3 Å². The van der Waals surface area contributed by atoms with Crippen LogP contribution in [-0.2, 0) is 11.2 Å². The molecule has 2 aromatic rings. The van der Waals surface area contributed by atoms with Crippen molar-refractivity contribution in [3.05, 3.63) is 46.8 Å². The van der Waals surface area contributed by atoms with Gasteiger partial charge in [-0.25, -0.2) is 14.8 Å². The number of nitrogens with zero attached hydrogens (tertiary/aromatic N) is 2. The van der Waals surface area contributed by atoms with Gasteiger partial charge >= 0.3 is 5.97 Å². The van der Waals surface area contributed by atoms with Crippen molar-refractivity contribution in [1.29, 1.82) is 0 Å². The van der Waals surface area contributed by atoms with Crippen LogP contribution in [0.15, 0.2) is 24.3 Å². The van der Waals surface area contributed by atoms with E-state index in [1.807, 2.05) is 31.2 Å². The van der Waals surface area contributed by atoms with Crippen molar-refractivity contribution >= 4 is 11.9 Å². The Kier molecular flexibility index (Phi) is 5.73. The topological polar surface area (TPSA) is 87.3 Å². The van der Waals surface area contributed by atoms with E-state index in [2.05, 4.69) is 16.9 Å². The number of rotatable bonds is 6.